The molecule has 1 heterocycles. The lowest BCUT2D eigenvalue weighted by Crippen LogP contribution is -2.48. The van der Waals surface area contributed by atoms with Crippen LogP contribution in [0, 0.1) is 11.3 Å². The fourth-order valence-electron chi connectivity index (χ4n) is 1.40. The lowest BCUT2D eigenvalue weighted by atomic mass is 9.88. The van der Waals surface area contributed by atoms with E-state index in [2.05, 4.69) is 26.1 Å². The van der Waals surface area contributed by atoms with Crippen molar-refractivity contribution in [3.8, 4) is 0 Å². The normalized spacial score (nSPS) is 21.1. The van der Waals surface area contributed by atoms with Gasteiger partial charge in [0, 0.05) is 18.4 Å². The highest BCUT2D eigenvalue weighted by molar-refractivity contribution is 5.76. The lowest BCUT2D eigenvalue weighted by Gasteiger charge is -2.38. The second-order valence-electron chi connectivity index (χ2n) is 4.80. The molecule has 1 fully saturated rings. The highest BCUT2D eigenvalue weighted by atomic mass is 16.5. The summed E-state index contributed by atoms with van der Waals surface area (Å²) in [6.07, 6.45) is 1.71. The van der Waals surface area contributed by atoms with E-state index in [1.807, 2.05) is 0 Å². The summed E-state index contributed by atoms with van der Waals surface area (Å²) < 4.78 is 5.12. The summed E-state index contributed by atoms with van der Waals surface area (Å²) in [5, 5.41) is 2.97. The van der Waals surface area contributed by atoms with Crippen LogP contribution in [0.3, 0.4) is 0 Å². The van der Waals surface area contributed by atoms with Gasteiger partial charge in [0.05, 0.1) is 13.2 Å². The summed E-state index contributed by atoms with van der Waals surface area (Å²) >= 11 is 0. The number of carbonyl (C=O) groups is 1. The van der Waals surface area contributed by atoms with Crippen LogP contribution in [-0.4, -0.2) is 25.7 Å². The Morgan fingerprint density at radius 1 is 1.57 bits per heavy atom. The van der Waals surface area contributed by atoms with Crippen molar-refractivity contribution in [3.05, 3.63) is 0 Å². The van der Waals surface area contributed by atoms with E-state index in [0.717, 1.165) is 26.2 Å². The number of nitrogens with one attached hydrogen (secondary N) is 1. The van der Waals surface area contributed by atoms with Gasteiger partial charge in [0.25, 0.3) is 0 Å². The monoisotopic (exact) mass is 199 g/mol. The first-order valence-corrected chi connectivity index (χ1v) is 5.40. The van der Waals surface area contributed by atoms with Gasteiger partial charge in [0.15, 0.2) is 0 Å². The Morgan fingerprint density at radius 3 is 2.64 bits per heavy atom. The molecule has 1 saturated heterocycles. The summed E-state index contributed by atoms with van der Waals surface area (Å²) in [5.74, 6) is 0.660. The Labute approximate surface area is 86.2 Å². The third-order valence-corrected chi connectivity index (χ3v) is 2.84. The van der Waals surface area contributed by atoms with Crippen LogP contribution in [0.15, 0.2) is 0 Å². The van der Waals surface area contributed by atoms with Crippen molar-refractivity contribution < 1.29 is 9.53 Å². The smallest absolute Gasteiger partial charge is 0.220 e. The van der Waals surface area contributed by atoms with E-state index in [1.54, 1.807) is 0 Å². The van der Waals surface area contributed by atoms with Crippen LogP contribution in [0.25, 0.3) is 0 Å². The maximum atomic E-state index is 11.4. The van der Waals surface area contributed by atoms with E-state index in [-0.39, 0.29) is 11.3 Å². The standard InChI is InChI=1S/C11H21NO2/c1-4-9(2)5-10(13)12-6-11(3)7-14-8-11/h9H,4-8H2,1-3H3,(H,12,13). The van der Waals surface area contributed by atoms with Crippen molar-refractivity contribution in [3.63, 3.8) is 0 Å². The topological polar surface area (TPSA) is 38.3 Å². The van der Waals surface area contributed by atoms with Crippen LogP contribution >= 0.6 is 0 Å². The van der Waals surface area contributed by atoms with E-state index >= 15 is 0 Å². The van der Waals surface area contributed by atoms with Gasteiger partial charge in [0.1, 0.15) is 0 Å². The molecular formula is C11H21NO2. The molecule has 0 aliphatic carbocycles. The predicted molar refractivity (Wildman–Crippen MR) is 56.0 cm³/mol. The molecule has 0 radical (unpaired) electrons. The molecule has 1 rings (SSSR count). The SMILES string of the molecule is CCC(C)CC(=O)NCC1(C)COC1. The Bertz CT molecular complexity index is 199. The average Bonchev–Trinajstić information content (AvgIpc) is 2.11. The average molecular weight is 199 g/mol. The molecule has 1 N–H and O–H groups in total. The molecular weight excluding hydrogens is 178 g/mol. The number of ether oxygens (including phenoxy) is 1. The second kappa shape index (κ2) is 4.78. The largest absolute Gasteiger partial charge is 0.380 e. The van der Waals surface area contributed by atoms with Gasteiger partial charge in [-0.15, -0.1) is 0 Å². The molecule has 1 unspecified atom stereocenters. The molecule has 0 spiro atoms. The van der Waals surface area contributed by atoms with Crippen LogP contribution < -0.4 is 5.32 Å². The van der Waals surface area contributed by atoms with Crippen LogP contribution in [0.5, 0.6) is 0 Å². The second-order valence-corrected chi connectivity index (χ2v) is 4.80. The quantitative estimate of drug-likeness (QED) is 0.730. The molecule has 1 aliphatic rings. The lowest BCUT2D eigenvalue weighted by molar-refractivity contribution is -0.127. The number of amides is 1. The molecule has 1 atom stereocenters. The highest BCUT2D eigenvalue weighted by Crippen LogP contribution is 2.25. The highest BCUT2D eigenvalue weighted by Gasteiger charge is 2.33. The van der Waals surface area contributed by atoms with E-state index < -0.39 is 0 Å². The van der Waals surface area contributed by atoms with Crippen molar-refractivity contribution in [2.45, 2.75) is 33.6 Å². The molecule has 82 valence electrons. The fourth-order valence-corrected chi connectivity index (χ4v) is 1.40. The Hall–Kier alpha value is -0.570. The number of hydrogen-bond acceptors (Lipinski definition) is 2. The number of rotatable bonds is 5. The van der Waals surface area contributed by atoms with Gasteiger partial charge in [-0.3, -0.25) is 4.79 Å². The zero-order valence-corrected chi connectivity index (χ0v) is 9.43. The molecule has 1 amide bonds. The number of hydrogen-bond donors (Lipinski definition) is 1. The first-order chi connectivity index (χ1) is 6.56. The first-order valence-electron chi connectivity index (χ1n) is 5.40. The van der Waals surface area contributed by atoms with Crippen LogP contribution in [0.4, 0.5) is 0 Å². The summed E-state index contributed by atoms with van der Waals surface area (Å²) in [6.45, 7) is 8.66. The van der Waals surface area contributed by atoms with Gasteiger partial charge in [-0.2, -0.15) is 0 Å². The minimum absolute atomic E-state index is 0.174. The predicted octanol–water partition coefficient (Wildman–Crippen LogP) is 1.58. The third kappa shape index (κ3) is 3.29. The molecule has 14 heavy (non-hydrogen) atoms. The van der Waals surface area contributed by atoms with Crippen LogP contribution in [0.1, 0.15) is 33.6 Å². The molecule has 0 bridgehead atoms. The zero-order chi connectivity index (χ0) is 10.6. The Balaban J connectivity index is 2.14. The van der Waals surface area contributed by atoms with Crippen molar-refractivity contribution in [1.29, 1.82) is 0 Å². The minimum Gasteiger partial charge on any atom is -0.380 e. The summed E-state index contributed by atoms with van der Waals surface area (Å²) in [6, 6.07) is 0. The fraction of sp³-hybridized carbons (Fsp3) is 0.909. The van der Waals surface area contributed by atoms with Crippen molar-refractivity contribution in [1.82, 2.24) is 5.32 Å². The molecule has 0 saturated carbocycles. The van der Waals surface area contributed by atoms with E-state index in [4.69, 9.17) is 4.74 Å². The minimum atomic E-state index is 0.174. The molecule has 3 heteroatoms. The van der Waals surface area contributed by atoms with E-state index in [9.17, 15) is 4.79 Å². The van der Waals surface area contributed by atoms with Gasteiger partial charge in [0.2, 0.25) is 5.91 Å². The Kier molecular flexibility index (Phi) is 3.93. The zero-order valence-electron chi connectivity index (χ0n) is 9.43. The maximum absolute atomic E-state index is 11.4. The van der Waals surface area contributed by atoms with Gasteiger partial charge in [-0.25, -0.2) is 0 Å². The molecule has 0 aromatic rings. The van der Waals surface area contributed by atoms with E-state index in [1.165, 1.54) is 0 Å². The van der Waals surface area contributed by atoms with E-state index in [0.29, 0.717) is 12.3 Å². The van der Waals surface area contributed by atoms with Gasteiger partial charge >= 0.3 is 0 Å². The molecule has 0 aromatic carbocycles. The van der Waals surface area contributed by atoms with Crippen LogP contribution in [0.2, 0.25) is 0 Å². The Morgan fingerprint density at radius 2 is 2.21 bits per heavy atom. The maximum Gasteiger partial charge on any atom is 0.220 e. The van der Waals surface area contributed by atoms with Crippen molar-refractivity contribution in [2.24, 2.45) is 11.3 Å². The van der Waals surface area contributed by atoms with Gasteiger partial charge in [-0.1, -0.05) is 27.2 Å². The first kappa shape index (κ1) is 11.5. The van der Waals surface area contributed by atoms with Crippen LogP contribution in [-0.2, 0) is 9.53 Å². The van der Waals surface area contributed by atoms with Crippen molar-refractivity contribution >= 4 is 5.91 Å². The summed E-state index contributed by atoms with van der Waals surface area (Å²) in [4.78, 5) is 11.4. The molecule has 0 aromatic heterocycles. The summed E-state index contributed by atoms with van der Waals surface area (Å²) in [5.41, 5.74) is 0.186. The number of carbonyl (C=O) groups excluding carboxylic acids is 1. The van der Waals surface area contributed by atoms with Crippen molar-refractivity contribution in [2.75, 3.05) is 19.8 Å². The van der Waals surface area contributed by atoms with Gasteiger partial charge in [-0.05, 0) is 5.92 Å². The summed E-state index contributed by atoms with van der Waals surface area (Å²) in [7, 11) is 0. The third-order valence-electron chi connectivity index (χ3n) is 2.84. The van der Waals surface area contributed by atoms with Gasteiger partial charge < -0.3 is 10.1 Å². The molecule has 3 nitrogen and oxygen atoms in total. The molecule has 1 aliphatic heterocycles.